The minimum absolute atomic E-state index is 0.154. The van der Waals surface area contributed by atoms with Gasteiger partial charge in [-0.25, -0.2) is 0 Å². The number of primary amides is 1. The summed E-state index contributed by atoms with van der Waals surface area (Å²) in [6, 6.07) is 0.957. The van der Waals surface area contributed by atoms with E-state index in [1.54, 1.807) is 0 Å². The van der Waals surface area contributed by atoms with Crippen molar-refractivity contribution in [3.05, 3.63) is 0 Å². The SMILES string of the molecule is CCCC(C)N(C)CCC(NC1CC1)C(N)=O. The van der Waals surface area contributed by atoms with Crippen LogP contribution in [0.25, 0.3) is 0 Å². The molecule has 3 N–H and O–H groups in total. The topological polar surface area (TPSA) is 58.4 Å². The predicted molar refractivity (Wildman–Crippen MR) is 70.8 cm³/mol. The monoisotopic (exact) mass is 241 g/mol. The average molecular weight is 241 g/mol. The van der Waals surface area contributed by atoms with Crippen LogP contribution in [-0.2, 0) is 4.79 Å². The second-order valence-corrected chi connectivity index (χ2v) is 5.30. The normalized spacial score (nSPS) is 19.3. The second kappa shape index (κ2) is 6.97. The maximum Gasteiger partial charge on any atom is 0.234 e. The third-order valence-corrected chi connectivity index (χ3v) is 3.59. The Bertz CT molecular complexity index is 241. The van der Waals surface area contributed by atoms with E-state index >= 15 is 0 Å². The number of rotatable bonds is 9. The predicted octanol–water partition coefficient (Wildman–Crippen LogP) is 1.10. The Morgan fingerprint density at radius 1 is 1.47 bits per heavy atom. The maximum atomic E-state index is 11.3. The van der Waals surface area contributed by atoms with Crippen molar-refractivity contribution in [1.29, 1.82) is 0 Å². The summed E-state index contributed by atoms with van der Waals surface area (Å²) in [6.45, 7) is 5.36. The van der Waals surface area contributed by atoms with E-state index in [4.69, 9.17) is 5.73 Å². The summed E-state index contributed by atoms with van der Waals surface area (Å²) in [7, 11) is 2.12. The molecule has 0 aromatic rings. The van der Waals surface area contributed by atoms with Crippen LogP contribution in [0.4, 0.5) is 0 Å². The summed E-state index contributed by atoms with van der Waals surface area (Å²) in [5.74, 6) is -0.214. The Kier molecular flexibility index (Phi) is 5.92. The molecule has 1 aliphatic carbocycles. The van der Waals surface area contributed by atoms with Crippen molar-refractivity contribution in [3.63, 3.8) is 0 Å². The fourth-order valence-electron chi connectivity index (χ4n) is 2.03. The molecule has 17 heavy (non-hydrogen) atoms. The van der Waals surface area contributed by atoms with Gasteiger partial charge < -0.3 is 16.0 Å². The molecule has 1 rings (SSSR count). The van der Waals surface area contributed by atoms with Crippen LogP contribution in [0.15, 0.2) is 0 Å². The molecule has 0 aromatic carbocycles. The summed E-state index contributed by atoms with van der Waals surface area (Å²) in [6.07, 6.45) is 5.59. The Labute approximate surface area is 105 Å². The molecular formula is C13H27N3O. The van der Waals surface area contributed by atoms with Crippen LogP contribution < -0.4 is 11.1 Å². The second-order valence-electron chi connectivity index (χ2n) is 5.30. The average Bonchev–Trinajstić information content (AvgIpc) is 3.07. The Balaban J connectivity index is 2.26. The number of hydrogen-bond acceptors (Lipinski definition) is 3. The zero-order chi connectivity index (χ0) is 12.8. The number of carbonyl (C=O) groups excluding carboxylic acids is 1. The van der Waals surface area contributed by atoms with E-state index < -0.39 is 0 Å². The van der Waals surface area contributed by atoms with Crippen molar-refractivity contribution >= 4 is 5.91 Å². The molecule has 1 fully saturated rings. The molecule has 4 nitrogen and oxygen atoms in total. The first-order chi connectivity index (χ1) is 8.04. The van der Waals surface area contributed by atoms with E-state index in [9.17, 15) is 4.79 Å². The van der Waals surface area contributed by atoms with Crippen molar-refractivity contribution < 1.29 is 4.79 Å². The Hall–Kier alpha value is -0.610. The molecule has 1 amide bonds. The highest BCUT2D eigenvalue weighted by atomic mass is 16.1. The van der Waals surface area contributed by atoms with E-state index in [2.05, 4.69) is 31.1 Å². The lowest BCUT2D eigenvalue weighted by atomic mass is 10.1. The van der Waals surface area contributed by atoms with Crippen LogP contribution in [0, 0.1) is 0 Å². The highest BCUT2D eigenvalue weighted by Crippen LogP contribution is 2.20. The van der Waals surface area contributed by atoms with Gasteiger partial charge in [-0.2, -0.15) is 0 Å². The van der Waals surface area contributed by atoms with Crippen LogP contribution in [0.2, 0.25) is 0 Å². The molecular weight excluding hydrogens is 214 g/mol. The molecule has 0 spiro atoms. The molecule has 0 saturated heterocycles. The first-order valence-electron chi connectivity index (χ1n) is 6.80. The van der Waals surface area contributed by atoms with Crippen LogP contribution >= 0.6 is 0 Å². The van der Waals surface area contributed by atoms with Gasteiger partial charge >= 0.3 is 0 Å². The molecule has 0 radical (unpaired) electrons. The molecule has 1 saturated carbocycles. The van der Waals surface area contributed by atoms with Crippen molar-refractivity contribution in [3.8, 4) is 0 Å². The van der Waals surface area contributed by atoms with Crippen LogP contribution in [0.5, 0.6) is 0 Å². The summed E-state index contributed by atoms with van der Waals surface area (Å²) >= 11 is 0. The van der Waals surface area contributed by atoms with E-state index in [1.807, 2.05) is 0 Å². The van der Waals surface area contributed by atoms with Gasteiger partial charge in [0.25, 0.3) is 0 Å². The van der Waals surface area contributed by atoms with Gasteiger partial charge in [-0.05, 0) is 39.7 Å². The molecule has 0 aliphatic heterocycles. The standard InChI is InChI=1S/C13H27N3O/c1-4-5-10(2)16(3)9-8-12(13(14)17)15-11-6-7-11/h10-12,15H,4-9H2,1-3H3,(H2,14,17). The third-order valence-electron chi connectivity index (χ3n) is 3.59. The van der Waals surface area contributed by atoms with Crippen molar-refractivity contribution in [1.82, 2.24) is 10.2 Å². The molecule has 4 heteroatoms. The van der Waals surface area contributed by atoms with E-state index in [0.29, 0.717) is 12.1 Å². The van der Waals surface area contributed by atoms with E-state index in [-0.39, 0.29) is 11.9 Å². The molecule has 0 bridgehead atoms. The summed E-state index contributed by atoms with van der Waals surface area (Å²) in [4.78, 5) is 13.6. The van der Waals surface area contributed by atoms with Gasteiger partial charge in [0.15, 0.2) is 0 Å². The van der Waals surface area contributed by atoms with Gasteiger partial charge in [-0.15, -0.1) is 0 Å². The van der Waals surface area contributed by atoms with Gasteiger partial charge in [0.1, 0.15) is 0 Å². The minimum Gasteiger partial charge on any atom is -0.368 e. The molecule has 0 aromatic heterocycles. The first kappa shape index (κ1) is 14.5. The zero-order valence-corrected chi connectivity index (χ0v) is 11.4. The van der Waals surface area contributed by atoms with Crippen molar-refractivity contribution in [2.24, 2.45) is 5.73 Å². The highest BCUT2D eigenvalue weighted by molar-refractivity contribution is 5.79. The maximum absolute atomic E-state index is 11.3. The van der Waals surface area contributed by atoms with Gasteiger partial charge in [0, 0.05) is 18.6 Å². The van der Waals surface area contributed by atoms with E-state index in [1.165, 1.54) is 25.7 Å². The third kappa shape index (κ3) is 5.50. The van der Waals surface area contributed by atoms with Crippen molar-refractivity contribution in [2.75, 3.05) is 13.6 Å². The van der Waals surface area contributed by atoms with Crippen LogP contribution in [0.1, 0.15) is 46.0 Å². The number of hydrogen-bond donors (Lipinski definition) is 2. The Morgan fingerprint density at radius 3 is 2.59 bits per heavy atom. The molecule has 0 heterocycles. The molecule has 1 aliphatic rings. The molecule has 100 valence electrons. The van der Waals surface area contributed by atoms with Crippen LogP contribution in [-0.4, -0.2) is 42.5 Å². The van der Waals surface area contributed by atoms with Crippen molar-refractivity contribution in [2.45, 2.75) is 64.1 Å². The summed E-state index contributed by atoms with van der Waals surface area (Å²) < 4.78 is 0. The highest BCUT2D eigenvalue weighted by Gasteiger charge is 2.27. The Morgan fingerprint density at radius 2 is 2.12 bits per heavy atom. The lowest BCUT2D eigenvalue weighted by Crippen LogP contribution is -2.45. The fourth-order valence-corrected chi connectivity index (χ4v) is 2.03. The van der Waals surface area contributed by atoms with Gasteiger partial charge in [0.05, 0.1) is 6.04 Å². The quantitative estimate of drug-likeness (QED) is 0.635. The zero-order valence-electron chi connectivity index (χ0n) is 11.4. The molecule has 2 atom stereocenters. The smallest absolute Gasteiger partial charge is 0.234 e. The number of nitrogens with one attached hydrogen (secondary N) is 1. The summed E-state index contributed by atoms with van der Waals surface area (Å²) in [5.41, 5.74) is 5.41. The number of nitrogens with two attached hydrogens (primary N) is 1. The number of carbonyl (C=O) groups is 1. The van der Waals surface area contributed by atoms with Crippen LogP contribution in [0.3, 0.4) is 0 Å². The summed E-state index contributed by atoms with van der Waals surface area (Å²) in [5, 5.41) is 3.32. The van der Waals surface area contributed by atoms with Gasteiger partial charge in [0.2, 0.25) is 5.91 Å². The fraction of sp³-hybridized carbons (Fsp3) is 0.923. The number of amides is 1. The molecule has 2 unspecified atom stereocenters. The lowest BCUT2D eigenvalue weighted by molar-refractivity contribution is -0.120. The lowest BCUT2D eigenvalue weighted by Gasteiger charge is -2.26. The van der Waals surface area contributed by atoms with Gasteiger partial charge in [-0.1, -0.05) is 13.3 Å². The van der Waals surface area contributed by atoms with Gasteiger partial charge in [-0.3, -0.25) is 4.79 Å². The first-order valence-corrected chi connectivity index (χ1v) is 6.80. The largest absolute Gasteiger partial charge is 0.368 e. The number of nitrogens with zero attached hydrogens (tertiary/aromatic N) is 1. The minimum atomic E-state index is -0.214. The van der Waals surface area contributed by atoms with E-state index in [0.717, 1.165) is 13.0 Å².